The Kier molecular flexibility index (Phi) is 2.20. The maximum absolute atomic E-state index is 12.9. The zero-order chi connectivity index (χ0) is 15.5. The summed E-state index contributed by atoms with van der Waals surface area (Å²) < 4.78 is 5.42. The van der Waals surface area contributed by atoms with Crippen molar-refractivity contribution in [3.63, 3.8) is 0 Å². The van der Waals surface area contributed by atoms with E-state index < -0.39 is 5.41 Å². The molecule has 1 aromatic carbocycles. The number of aromatic nitrogens is 2. The van der Waals surface area contributed by atoms with E-state index in [4.69, 9.17) is 10.5 Å². The molecule has 2 aromatic rings. The number of ether oxygens (including phenoxy) is 1. The van der Waals surface area contributed by atoms with Crippen molar-refractivity contribution in [2.45, 2.75) is 12.3 Å². The van der Waals surface area contributed by atoms with E-state index in [0.717, 1.165) is 0 Å². The van der Waals surface area contributed by atoms with Gasteiger partial charge in [-0.15, -0.1) is 5.10 Å². The summed E-state index contributed by atoms with van der Waals surface area (Å²) in [5, 5.41) is 19.3. The molecule has 0 aliphatic carbocycles. The number of nitrogens with one attached hydrogen (secondary N) is 2. The number of H-pyrrole nitrogens is 1. The number of para-hydroxylation sites is 1. The predicted molar refractivity (Wildman–Crippen MR) is 76.6 cm³/mol. The number of hydrogen-bond acceptors (Lipinski definition) is 5. The van der Waals surface area contributed by atoms with Crippen LogP contribution in [0.2, 0.25) is 0 Å². The number of nitriles is 1. The molecule has 2 aliphatic rings. The van der Waals surface area contributed by atoms with Gasteiger partial charge in [0.2, 0.25) is 17.7 Å². The molecule has 0 saturated carbocycles. The van der Waals surface area contributed by atoms with E-state index in [1.165, 1.54) is 0 Å². The van der Waals surface area contributed by atoms with Crippen LogP contribution in [-0.4, -0.2) is 16.1 Å². The maximum Gasteiger partial charge on any atom is 0.245 e. The molecule has 3 heterocycles. The van der Waals surface area contributed by atoms with Gasteiger partial charge in [-0.1, -0.05) is 18.2 Å². The summed E-state index contributed by atoms with van der Waals surface area (Å²) >= 11 is 0. The zero-order valence-electron chi connectivity index (χ0n) is 11.6. The Morgan fingerprint density at radius 2 is 2.18 bits per heavy atom. The number of benzene rings is 1. The second-order valence-electron chi connectivity index (χ2n) is 5.23. The van der Waals surface area contributed by atoms with Crippen LogP contribution in [0.15, 0.2) is 35.7 Å². The fourth-order valence-corrected chi connectivity index (χ4v) is 3.28. The van der Waals surface area contributed by atoms with Gasteiger partial charge in [0.25, 0.3) is 0 Å². The monoisotopic (exact) mass is 293 g/mol. The fraction of sp³-hybridized carbons (Fsp3) is 0.133. The molecule has 1 amide bonds. The van der Waals surface area contributed by atoms with E-state index in [1.54, 1.807) is 19.1 Å². The van der Waals surface area contributed by atoms with Crippen LogP contribution in [0.5, 0.6) is 5.88 Å². The molecule has 0 saturated heterocycles. The number of rotatable bonds is 0. The van der Waals surface area contributed by atoms with Crippen LogP contribution in [0.1, 0.15) is 16.8 Å². The zero-order valence-corrected chi connectivity index (χ0v) is 11.6. The smallest absolute Gasteiger partial charge is 0.245 e. The van der Waals surface area contributed by atoms with Crippen LogP contribution in [0, 0.1) is 18.3 Å². The summed E-state index contributed by atoms with van der Waals surface area (Å²) in [5.41, 5.74) is 7.16. The average molecular weight is 293 g/mol. The molecule has 1 atom stereocenters. The molecule has 2 aliphatic heterocycles. The van der Waals surface area contributed by atoms with E-state index in [1.807, 2.05) is 18.2 Å². The van der Waals surface area contributed by atoms with Gasteiger partial charge in [0.15, 0.2) is 0 Å². The fourth-order valence-electron chi connectivity index (χ4n) is 3.28. The molecule has 4 N–H and O–H groups in total. The lowest BCUT2D eigenvalue weighted by Gasteiger charge is -2.31. The highest BCUT2D eigenvalue weighted by Gasteiger charge is 2.58. The molecule has 0 fully saturated rings. The summed E-state index contributed by atoms with van der Waals surface area (Å²) in [4.78, 5) is 12.9. The SMILES string of the molecule is Cc1[nH]nc2c1C1(C(=O)Nc3ccccc31)C(C#N)=C(N)O2. The first-order valence-corrected chi connectivity index (χ1v) is 6.65. The van der Waals surface area contributed by atoms with Crippen molar-refractivity contribution in [3.05, 3.63) is 52.5 Å². The molecule has 4 rings (SSSR count). The number of nitrogens with two attached hydrogens (primary N) is 1. The van der Waals surface area contributed by atoms with Gasteiger partial charge in [0.05, 0.1) is 5.56 Å². The molecular formula is C15H11N5O2. The molecule has 7 nitrogen and oxygen atoms in total. The molecule has 22 heavy (non-hydrogen) atoms. The van der Waals surface area contributed by atoms with Gasteiger partial charge >= 0.3 is 0 Å². The predicted octanol–water partition coefficient (Wildman–Crippen LogP) is 1.04. The summed E-state index contributed by atoms with van der Waals surface area (Å²) in [6, 6.07) is 9.27. The van der Waals surface area contributed by atoms with E-state index in [-0.39, 0.29) is 23.2 Å². The van der Waals surface area contributed by atoms with Gasteiger partial charge in [-0.05, 0) is 13.0 Å². The summed E-state index contributed by atoms with van der Waals surface area (Å²) in [5.74, 6) is -0.212. The second-order valence-corrected chi connectivity index (χ2v) is 5.23. The summed E-state index contributed by atoms with van der Waals surface area (Å²) in [6.07, 6.45) is 0. The third-order valence-electron chi connectivity index (χ3n) is 4.15. The van der Waals surface area contributed by atoms with Gasteiger partial charge in [0, 0.05) is 16.9 Å². The van der Waals surface area contributed by atoms with Crippen LogP contribution in [-0.2, 0) is 10.2 Å². The van der Waals surface area contributed by atoms with Crippen LogP contribution in [0.25, 0.3) is 0 Å². The molecular weight excluding hydrogens is 282 g/mol. The number of carbonyl (C=O) groups excluding carboxylic acids is 1. The lowest BCUT2D eigenvalue weighted by Crippen LogP contribution is -2.42. The highest BCUT2D eigenvalue weighted by molar-refractivity contribution is 6.12. The van der Waals surface area contributed by atoms with Crippen molar-refractivity contribution >= 4 is 11.6 Å². The molecule has 0 bridgehead atoms. The number of aryl methyl sites for hydroxylation is 1. The van der Waals surface area contributed by atoms with Crippen molar-refractivity contribution in [2.75, 3.05) is 5.32 Å². The largest absolute Gasteiger partial charge is 0.420 e. The Balaban J connectivity index is 2.18. The minimum atomic E-state index is -1.32. The Labute approximate surface area is 125 Å². The number of amides is 1. The van der Waals surface area contributed by atoms with Gasteiger partial charge in [-0.2, -0.15) is 5.26 Å². The first-order valence-electron chi connectivity index (χ1n) is 6.65. The first-order chi connectivity index (χ1) is 10.6. The Bertz CT molecular complexity index is 905. The highest BCUT2D eigenvalue weighted by atomic mass is 16.5. The normalized spacial score (nSPS) is 21.9. The minimum absolute atomic E-state index is 0.0759. The van der Waals surface area contributed by atoms with Gasteiger partial charge < -0.3 is 15.8 Å². The number of anilines is 1. The minimum Gasteiger partial charge on any atom is -0.420 e. The standard InChI is InChI=1S/C15H11N5O2/c1-7-11-13(20-19-7)22-12(17)9(6-16)15(11)8-4-2-3-5-10(8)18-14(15)21/h2-5H,17H2,1H3,(H,18,21)(H,19,20). The number of hydrogen-bond donors (Lipinski definition) is 3. The van der Waals surface area contributed by atoms with Crippen LogP contribution >= 0.6 is 0 Å². The second kappa shape index (κ2) is 3.89. The molecule has 7 heteroatoms. The van der Waals surface area contributed by atoms with E-state index in [2.05, 4.69) is 15.5 Å². The number of fused-ring (bicyclic) bond motifs is 4. The number of nitrogens with zero attached hydrogens (tertiary/aromatic N) is 2. The maximum atomic E-state index is 12.9. The van der Waals surface area contributed by atoms with E-state index in [9.17, 15) is 10.1 Å². The number of aromatic amines is 1. The Morgan fingerprint density at radius 1 is 1.41 bits per heavy atom. The molecule has 108 valence electrons. The van der Waals surface area contributed by atoms with E-state index in [0.29, 0.717) is 22.5 Å². The topological polar surface area (TPSA) is 117 Å². The quantitative estimate of drug-likeness (QED) is 0.671. The van der Waals surface area contributed by atoms with Crippen molar-refractivity contribution in [2.24, 2.45) is 5.73 Å². The third kappa shape index (κ3) is 1.20. The first kappa shape index (κ1) is 12.5. The molecule has 1 unspecified atom stereocenters. The van der Waals surface area contributed by atoms with Crippen molar-refractivity contribution < 1.29 is 9.53 Å². The van der Waals surface area contributed by atoms with Crippen LogP contribution in [0.3, 0.4) is 0 Å². The van der Waals surface area contributed by atoms with Crippen LogP contribution in [0.4, 0.5) is 5.69 Å². The summed E-state index contributed by atoms with van der Waals surface area (Å²) in [6.45, 7) is 1.78. The Morgan fingerprint density at radius 3 is 2.95 bits per heavy atom. The van der Waals surface area contributed by atoms with Crippen molar-refractivity contribution in [1.82, 2.24) is 10.2 Å². The highest BCUT2D eigenvalue weighted by Crippen LogP contribution is 2.53. The average Bonchev–Trinajstić information content (AvgIpc) is 3.00. The van der Waals surface area contributed by atoms with Gasteiger partial charge in [-0.3, -0.25) is 9.89 Å². The molecule has 0 radical (unpaired) electrons. The van der Waals surface area contributed by atoms with Gasteiger partial charge in [-0.25, -0.2) is 0 Å². The van der Waals surface area contributed by atoms with Crippen LogP contribution < -0.4 is 15.8 Å². The molecule has 1 aromatic heterocycles. The third-order valence-corrected chi connectivity index (χ3v) is 4.15. The number of carbonyl (C=O) groups is 1. The lowest BCUT2D eigenvalue weighted by atomic mass is 9.69. The Hall–Kier alpha value is -3.27. The lowest BCUT2D eigenvalue weighted by molar-refractivity contribution is -0.118. The summed E-state index contributed by atoms with van der Waals surface area (Å²) in [7, 11) is 0. The van der Waals surface area contributed by atoms with E-state index >= 15 is 0 Å². The van der Waals surface area contributed by atoms with Crippen molar-refractivity contribution in [1.29, 1.82) is 5.26 Å². The molecule has 1 spiro atoms. The van der Waals surface area contributed by atoms with Crippen molar-refractivity contribution in [3.8, 4) is 11.9 Å². The van der Waals surface area contributed by atoms with Gasteiger partial charge in [0.1, 0.15) is 17.1 Å².